The summed E-state index contributed by atoms with van der Waals surface area (Å²) in [4.78, 5) is 0. The lowest BCUT2D eigenvalue weighted by atomic mass is 10.1. The minimum Gasteiger partial charge on any atom is -0.370 e. The summed E-state index contributed by atoms with van der Waals surface area (Å²) in [5, 5.41) is 0. The minimum absolute atomic E-state index is 0.110. The molecule has 1 aliphatic heterocycles. The monoisotopic (exact) mass is 260 g/mol. The first kappa shape index (κ1) is 14.0. The Hall–Kier alpha value is -1.42. The molecule has 0 bridgehead atoms. The quantitative estimate of drug-likeness (QED) is 0.505. The van der Waals surface area contributed by atoms with Crippen molar-refractivity contribution >= 4 is 0 Å². The van der Waals surface area contributed by atoms with Gasteiger partial charge in [0.1, 0.15) is 18.3 Å². The van der Waals surface area contributed by atoms with E-state index in [0.29, 0.717) is 13.2 Å². The topological polar surface area (TPSA) is 31.0 Å². The molecule has 1 fully saturated rings. The molecule has 3 heteroatoms. The summed E-state index contributed by atoms with van der Waals surface area (Å²) in [6.07, 6.45) is 3.33. The first-order valence-electron chi connectivity index (χ1n) is 6.47. The fourth-order valence-corrected chi connectivity index (χ4v) is 1.90. The van der Waals surface area contributed by atoms with Gasteiger partial charge in [-0.1, -0.05) is 42.5 Å². The zero-order valence-corrected chi connectivity index (χ0v) is 11.0. The van der Waals surface area contributed by atoms with Crippen molar-refractivity contribution < 1.29 is 14.2 Å². The van der Waals surface area contributed by atoms with E-state index in [4.69, 9.17) is 14.2 Å². The van der Waals surface area contributed by atoms with Crippen molar-refractivity contribution in [2.45, 2.75) is 24.9 Å². The Morgan fingerprint density at radius 3 is 2.58 bits per heavy atom. The van der Waals surface area contributed by atoms with E-state index in [1.54, 1.807) is 12.2 Å². The Bertz CT molecular complexity index is 398. The lowest BCUT2D eigenvalue weighted by Gasteiger charge is -2.23. The maximum atomic E-state index is 5.88. The molecule has 0 radical (unpaired) electrons. The van der Waals surface area contributed by atoms with Gasteiger partial charge in [-0.15, -0.1) is 13.2 Å². The van der Waals surface area contributed by atoms with E-state index >= 15 is 0 Å². The van der Waals surface area contributed by atoms with Gasteiger partial charge in [0, 0.05) is 0 Å². The van der Waals surface area contributed by atoms with Crippen LogP contribution in [0.4, 0.5) is 0 Å². The fraction of sp³-hybridized carbons (Fsp3) is 0.375. The number of rotatable bonds is 9. The molecule has 1 aromatic rings. The van der Waals surface area contributed by atoms with Gasteiger partial charge >= 0.3 is 0 Å². The number of benzene rings is 1. The Labute approximate surface area is 114 Å². The van der Waals surface area contributed by atoms with E-state index < -0.39 is 0 Å². The summed E-state index contributed by atoms with van der Waals surface area (Å²) >= 11 is 0. The lowest BCUT2D eigenvalue weighted by Crippen LogP contribution is -2.35. The van der Waals surface area contributed by atoms with Crippen LogP contribution in [0.2, 0.25) is 0 Å². The molecule has 0 spiro atoms. The third-order valence-corrected chi connectivity index (χ3v) is 2.97. The second kappa shape index (κ2) is 7.24. The van der Waals surface area contributed by atoms with E-state index in [2.05, 4.69) is 13.2 Å². The average molecular weight is 260 g/mol. The van der Waals surface area contributed by atoms with Gasteiger partial charge < -0.3 is 14.2 Å². The SMILES string of the molecule is C=CCO[C@@H]([C@@H](C=C)OCc1ccccc1)[C@H]1CO1. The molecule has 19 heavy (non-hydrogen) atoms. The highest BCUT2D eigenvalue weighted by molar-refractivity contribution is 5.13. The van der Waals surface area contributed by atoms with Gasteiger partial charge in [0.05, 0.1) is 19.8 Å². The standard InChI is InChI=1S/C16H20O3/c1-3-10-17-16(15-12-19-15)14(4-2)18-11-13-8-6-5-7-9-13/h3-9,14-16H,1-2,10-12H2/t14-,15-,16+/m1/s1. The molecule has 0 N–H and O–H groups in total. The molecule has 0 aliphatic carbocycles. The molecule has 0 aromatic heterocycles. The predicted octanol–water partition coefficient (Wildman–Crippen LogP) is 2.73. The molecule has 0 saturated carbocycles. The second-order valence-electron chi connectivity index (χ2n) is 4.46. The molecular formula is C16H20O3. The van der Waals surface area contributed by atoms with Crippen LogP contribution >= 0.6 is 0 Å². The zero-order valence-electron chi connectivity index (χ0n) is 11.0. The van der Waals surface area contributed by atoms with Gasteiger partial charge in [-0.05, 0) is 5.56 Å². The maximum Gasteiger partial charge on any atom is 0.116 e. The third-order valence-electron chi connectivity index (χ3n) is 2.97. The Morgan fingerprint density at radius 1 is 1.26 bits per heavy atom. The van der Waals surface area contributed by atoms with Gasteiger partial charge in [-0.2, -0.15) is 0 Å². The van der Waals surface area contributed by atoms with Crippen LogP contribution in [0.25, 0.3) is 0 Å². The van der Waals surface area contributed by atoms with Crippen molar-refractivity contribution in [2.24, 2.45) is 0 Å². The van der Waals surface area contributed by atoms with Crippen LogP contribution < -0.4 is 0 Å². The fourth-order valence-electron chi connectivity index (χ4n) is 1.90. The molecule has 2 rings (SSSR count). The van der Waals surface area contributed by atoms with Gasteiger partial charge in [-0.25, -0.2) is 0 Å². The molecule has 102 valence electrons. The Kier molecular flexibility index (Phi) is 5.33. The highest BCUT2D eigenvalue weighted by Crippen LogP contribution is 2.23. The van der Waals surface area contributed by atoms with Crippen LogP contribution in [0.3, 0.4) is 0 Å². The first-order chi connectivity index (χ1) is 9.35. The van der Waals surface area contributed by atoms with Gasteiger partial charge in [0.15, 0.2) is 0 Å². The third kappa shape index (κ3) is 4.31. The van der Waals surface area contributed by atoms with Crippen LogP contribution in [-0.2, 0) is 20.8 Å². The summed E-state index contributed by atoms with van der Waals surface area (Å²) in [6, 6.07) is 10.1. The van der Waals surface area contributed by atoms with E-state index in [1.165, 1.54) is 0 Å². The Balaban J connectivity index is 1.89. The van der Waals surface area contributed by atoms with Crippen LogP contribution in [0, 0.1) is 0 Å². The average Bonchev–Trinajstić information content (AvgIpc) is 3.28. The molecule has 0 unspecified atom stereocenters. The van der Waals surface area contributed by atoms with Crippen molar-refractivity contribution in [2.75, 3.05) is 13.2 Å². The van der Waals surface area contributed by atoms with Gasteiger partial charge in [0.2, 0.25) is 0 Å². The maximum absolute atomic E-state index is 5.88. The smallest absolute Gasteiger partial charge is 0.116 e. The van der Waals surface area contributed by atoms with Crippen molar-refractivity contribution in [1.82, 2.24) is 0 Å². The minimum atomic E-state index is -0.173. The van der Waals surface area contributed by atoms with Crippen molar-refractivity contribution in [3.05, 3.63) is 61.2 Å². The number of epoxide rings is 1. The van der Waals surface area contributed by atoms with E-state index in [0.717, 1.165) is 12.2 Å². The molecule has 1 aliphatic rings. The van der Waals surface area contributed by atoms with Crippen LogP contribution in [0.15, 0.2) is 55.6 Å². The Morgan fingerprint density at radius 2 is 2.00 bits per heavy atom. The van der Waals surface area contributed by atoms with Crippen molar-refractivity contribution in [3.8, 4) is 0 Å². The van der Waals surface area contributed by atoms with E-state index in [-0.39, 0.29) is 18.3 Å². The van der Waals surface area contributed by atoms with Gasteiger partial charge in [-0.3, -0.25) is 0 Å². The predicted molar refractivity (Wildman–Crippen MR) is 74.9 cm³/mol. The van der Waals surface area contributed by atoms with E-state index in [1.807, 2.05) is 30.3 Å². The first-order valence-corrected chi connectivity index (χ1v) is 6.47. The number of ether oxygens (including phenoxy) is 3. The van der Waals surface area contributed by atoms with Crippen LogP contribution in [0.5, 0.6) is 0 Å². The summed E-state index contributed by atoms with van der Waals surface area (Å²) < 4.78 is 16.9. The summed E-state index contributed by atoms with van der Waals surface area (Å²) in [5.41, 5.74) is 1.13. The van der Waals surface area contributed by atoms with Crippen LogP contribution in [0.1, 0.15) is 5.56 Å². The summed E-state index contributed by atoms with van der Waals surface area (Å²) in [6.45, 7) is 9.24. The second-order valence-corrected chi connectivity index (χ2v) is 4.46. The molecule has 0 amide bonds. The summed E-state index contributed by atoms with van der Waals surface area (Å²) in [5.74, 6) is 0. The number of hydrogen-bond donors (Lipinski definition) is 0. The summed E-state index contributed by atoms with van der Waals surface area (Å²) in [7, 11) is 0. The normalized spacial score (nSPS) is 20.5. The molecule has 1 aromatic carbocycles. The highest BCUT2D eigenvalue weighted by atomic mass is 16.6. The van der Waals surface area contributed by atoms with Gasteiger partial charge in [0.25, 0.3) is 0 Å². The lowest BCUT2D eigenvalue weighted by molar-refractivity contribution is -0.0604. The molecule has 1 heterocycles. The molecule has 3 atom stereocenters. The zero-order chi connectivity index (χ0) is 13.5. The van der Waals surface area contributed by atoms with Crippen LogP contribution in [-0.4, -0.2) is 31.5 Å². The molecule has 1 saturated heterocycles. The van der Waals surface area contributed by atoms with Crippen molar-refractivity contribution in [1.29, 1.82) is 0 Å². The number of hydrogen-bond acceptors (Lipinski definition) is 3. The van der Waals surface area contributed by atoms with E-state index in [9.17, 15) is 0 Å². The largest absolute Gasteiger partial charge is 0.370 e. The highest BCUT2D eigenvalue weighted by Gasteiger charge is 2.38. The molecular weight excluding hydrogens is 240 g/mol. The molecule has 3 nitrogen and oxygen atoms in total. The van der Waals surface area contributed by atoms with Crippen molar-refractivity contribution in [3.63, 3.8) is 0 Å².